The number of nitrogens with zero attached hydrogens (tertiary/aromatic N) is 1. The van der Waals surface area contributed by atoms with Crippen LogP contribution >= 0.6 is 0 Å². The van der Waals surface area contributed by atoms with Gasteiger partial charge in [-0.15, -0.1) is 0 Å². The number of hydrogen-bond donors (Lipinski definition) is 3. The second-order valence-corrected chi connectivity index (χ2v) is 4.42. The molecule has 0 bridgehead atoms. The van der Waals surface area contributed by atoms with Crippen molar-refractivity contribution in [3.63, 3.8) is 0 Å². The Labute approximate surface area is 107 Å². The predicted molar refractivity (Wildman–Crippen MR) is 67.0 cm³/mol. The highest BCUT2D eigenvalue weighted by Crippen LogP contribution is 2.13. The van der Waals surface area contributed by atoms with Crippen LogP contribution in [-0.4, -0.2) is 63.3 Å². The molecular formula is C11H22N4O3. The molecule has 1 atom stereocenters. The quantitative estimate of drug-likeness (QED) is 0.517. The van der Waals surface area contributed by atoms with Crippen LogP contribution in [0.1, 0.15) is 6.42 Å². The first kappa shape index (κ1) is 14.9. The van der Waals surface area contributed by atoms with E-state index >= 15 is 0 Å². The van der Waals surface area contributed by atoms with Crippen molar-refractivity contribution in [2.45, 2.75) is 6.42 Å². The molecule has 0 aromatic carbocycles. The van der Waals surface area contributed by atoms with E-state index in [0.717, 1.165) is 19.5 Å². The van der Waals surface area contributed by atoms with Crippen molar-refractivity contribution in [1.82, 2.24) is 15.5 Å². The molecule has 0 radical (unpaired) electrons. The zero-order valence-electron chi connectivity index (χ0n) is 10.8. The molecule has 1 unspecified atom stereocenters. The number of amides is 3. The van der Waals surface area contributed by atoms with Crippen molar-refractivity contribution in [3.05, 3.63) is 0 Å². The Morgan fingerprint density at radius 1 is 1.50 bits per heavy atom. The highest BCUT2D eigenvalue weighted by Gasteiger charge is 2.23. The average Bonchev–Trinajstić information content (AvgIpc) is 2.76. The van der Waals surface area contributed by atoms with Crippen LogP contribution in [0.2, 0.25) is 0 Å². The number of nitrogens with two attached hydrogens (primary N) is 1. The van der Waals surface area contributed by atoms with Crippen molar-refractivity contribution in [3.8, 4) is 0 Å². The highest BCUT2D eigenvalue weighted by molar-refractivity contribution is 5.95. The molecule has 1 aliphatic heterocycles. The number of carbonyl (C=O) groups excluding carboxylic acids is 2. The number of rotatable bonds is 6. The summed E-state index contributed by atoms with van der Waals surface area (Å²) in [7, 11) is 1.55. The number of nitrogens with one attached hydrogen (secondary N) is 2. The van der Waals surface area contributed by atoms with Crippen molar-refractivity contribution in [2.24, 2.45) is 11.7 Å². The second kappa shape index (κ2) is 8.02. The normalized spacial score (nSPS) is 19.8. The molecule has 7 heteroatoms. The minimum Gasteiger partial charge on any atom is -0.383 e. The Morgan fingerprint density at radius 3 is 2.89 bits per heavy atom. The summed E-state index contributed by atoms with van der Waals surface area (Å²) in [4.78, 5) is 24.9. The largest absolute Gasteiger partial charge is 0.383 e. The maximum absolute atomic E-state index is 11.6. The molecule has 4 N–H and O–H groups in total. The van der Waals surface area contributed by atoms with Crippen LogP contribution in [0.4, 0.5) is 4.79 Å². The minimum atomic E-state index is -0.480. The van der Waals surface area contributed by atoms with Gasteiger partial charge in [-0.2, -0.15) is 0 Å². The van der Waals surface area contributed by atoms with Crippen LogP contribution in [0.15, 0.2) is 0 Å². The van der Waals surface area contributed by atoms with Crippen molar-refractivity contribution < 1.29 is 14.3 Å². The van der Waals surface area contributed by atoms with Crippen LogP contribution in [0.25, 0.3) is 0 Å². The van der Waals surface area contributed by atoms with Crippen LogP contribution in [-0.2, 0) is 9.53 Å². The number of ether oxygens (including phenoxy) is 1. The van der Waals surface area contributed by atoms with Gasteiger partial charge < -0.3 is 15.8 Å². The van der Waals surface area contributed by atoms with Gasteiger partial charge >= 0.3 is 6.03 Å². The van der Waals surface area contributed by atoms with E-state index in [1.807, 2.05) is 4.90 Å². The summed E-state index contributed by atoms with van der Waals surface area (Å²) < 4.78 is 4.78. The number of methoxy groups -OCH3 is 1. The highest BCUT2D eigenvalue weighted by atomic mass is 16.5. The standard InChI is InChI=1S/C11H22N4O3/c1-18-5-3-13-11(17)14-10(16)8-15-4-2-9(6-12)7-15/h9H,2-8,12H2,1H3,(H2,13,14,16,17). The smallest absolute Gasteiger partial charge is 0.321 e. The molecule has 0 spiro atoms. The molecule has 0 aromatic heterocycles. The van der Waals surface area contributed by atoms with Gasteiger partial charge in [0.2, 0.25) is 5.91 Å². The van der Waals surface area contributed by atoms with Crippen molar-refractivity contribution >= 4 is 11.9 Å². The molecule has 0 saturated carbocycles. The number of imide groups is 1. The average molecular weight is 258 g/mol. The van der Waals surface area contributed by atoms with Crippen LogP contribution in [0.3, 0.4) is 0 Å². The van der Waals surface area contributed by atoms with Gasteiger partial charge in [-0.1, -0.05) is 0 Å². The van der Waals surface area contributed by atoms with E-state index in [1.165, 1.54) is 0 Å². The summed E-state index contributed by atoms with van der Waals surface area (Å²) in [5.41, 5.74) is 5.57. The van der Waals surface area contributed by atoms with Gasteiger partial charge in [0.1, 0.15) is 0 Å². The molecule has 1 saturated heterocycles. The Kier molecular flexibility index (Phi) is 6.63. The fourth-order valence-corrected chi connectivity index (χ4v) is 1.93. The summed E-state index contributed by atoms with van der Waals surface area (Å²) in [6, 6.07) is -0.480. The zero-order chi connectivity index (χ0) is 13.4. The first-order valence-corrected chi connectivity index (χ1v) is 6.14. The number of urea groups is 1. The topological polar surface area (TPSA) is 96.7 Å². The van der Waals surface area contributed by atoms with Gasteiger partial charge in [0, 0.05) is 20.2 Å². The van der Waals surface area contributed by atoms with Gasteiger partial charge in [0.15, 0.2) is 0 Å². The molecule has 7 nitrogen and oxygen atoms in total. The lowest BCUT2D eigenvalue weighted by Crippen LogP contribution is -2.44. The molecular weight excluding hydrogens is 236 g/mol. The fourth-order valence-electron chi connectivity index (χ4n) is 1.93. The first-order valence-electron chi connectivity index (χ1n) is 6.14. The molecule has 0 aromatic rings. The zero-order valence-corrected chi connectivity index (χ0v) is 10.8. The molecule has 18 heavy (non-hydrogen) atoms. The van der Waals surface area contributed by atoms with Crippen LogP contribution in [0, 0.1) is 5.92 Å². The van der Waals surface area contributed by atoms with Crippen molar-refractivity contribution in [1.29, 1.82) is 0 Å². The van der Waals surface area contributed by atoms with E-state index in [2.05, 4.69) is 10.6 Å². The SMILES string of the molecule is COCCNC(=O)NC(=O)CN1CCC(CN)C1. The molecule has 0 aliphatic carbocycles. The summed E-state index contributed by atoms with van der Waals surface area (Å²) in [5.74, 6) is 0.177. The summed E-state index contributed by atoms with van der Waals surface area (Å²) in [5, 5.41) is 4.81. The summed E-state index contributed by atoms with van der Waals surface area (Å²) >= 11 is 0. The van der Waals surface area contributed by atoms with E-state index in [-0.39, 0.29) is 12.5 Å². The van der Waals surface area contributed by atoms with Crippen LogP contribution in [0.5, 0.6) is 0 Å². The Balaban J connectivity index is 2.15. The van der Waals surface area contributed by atoms with E-state index in [0.29, 0.717) is 25.6 Å². The third-order valence-corrected chi connectivity index (χ3v) is 2.92. The third-order valence-electron chi connectivity index (χ3n) is 2.92. The van der Waals surface area contributed by atoms with E-state index in [4.69, 9.17) is 10.5 Å². The van der Waals surface area contributed by atoms with Gasteiger partial charge in [-0.3, -0.25) is 15.0 Å². The van der Waals surface area contributed by atoms with Crippen LogP contribution < -0.4 is 16.4 Å². The second-order valence-electron chi connectivity index (χ2n) is 4.42. The van der Waals surface area contributed by atoms with E-state index in [9.17, 15) is 9.59 Å². The maximum atomic E-state index is 11.6. The van der Waals surface area contributed by atoms with Gasteiger partial charge in [-0.05, 0) is 25.4 Å². The first-order chi connectivity index (χ1) is 8.65. The molecule has 3 amide bonds. The lowest BCUT2D eigenvalue weighted by Gasteiger charge is -2.14. The molecule has 1 aliphatic rings. The lowest BCUT2D eigenvalue weighted by molar-refractivity contribution is -0.120. The predicted octanol–water partition coefficient (Wildman–Crippen LogP) is -1.26. The molecule has 1 fully saturated rings. The van der Waals surface area contributed by atoms with E-state index < -0.39 is 6.03 Å². The summed E-state index contributed by atoms with van der Waals surface area (Å²) in [6.07, 6.45) is 1.02. The Morgan fingerprint density at radius 2 is 2.28 bits per heavy atom. The molecule has 1 heterocycles. The van der Waals surface area contributed by atoms with Crippen molar-refractivity contribution in [2.75, 3.05) is 46.4 Å². The number of carbonyl (C=O) groups is 2. The fraction of sp³-hybridized carbons (Fsp3) is 0.818. The van der Waals surface area contributed by atoms with Gasteiger partial charge in [0.25, 0.3) is 0 Å². The summed E-state index contributed by atoms with van der Waals surface area (Å²) in [6.45, 7) is 3.39. The Hall–Kier alpha value is -1.18. The third kappa shape index (κ3) is 5.44. The van der Waals surface area contributed by atoms with Gasteiger partial charge in [-0.25, -0.2) is 4.79 Å². The minimum absolute atomic E-state index is 0.244. The van der Waals surface area contributed by atoms with Gasteiger partial charge in [0.05, 0.1) is 13.2 Å². The lowest BCUT2D eigenvalue weighted by atomic mass is 10.1. The van der Waals surface area contributed by atoms with E-state index in [1.54, 1.807) is 7.11 Å². The molecule has 1 rings (SSSR count). The monoisotopic (exact) mass is 258 g/mol. The number of hydrogen-bond acceptors (Lipinski definition) is 5. The Bertz CT molecular complexity index is 285. The number of likely N-dealkylation sites (tertiary alicyclic amines) is 1. The molecule has 104 valence electrons. The maximum Gasteiger partial charge on any atom is 0.321 e.